The maximum absolute atomic E-state index is 13.3. The molecule has 104 valence electrons. The van der Waals surface area contributed by atoms with Crippen LogP contribution in [0.25, 0.3) is 0 Å². The number of carbonyl (C=O) groups is 1. The average Bonchev–Trinajstić information content (AvgIpc) is 2.37. The van der Waals surface area contributed by atoms with Crippen molar-refractivity contribution < 1.29 is 13.9 Å². The first kappa shape index (κ1) is 13.8. The summed E-state index contributed by atoms with van der Waals surface area (Å²) in [6.07, 6.45) is 2.48. The zero-order valence-corrected chi connectivity index (χ0v) is 11.1. The number of hydrogen-bond acceptors (Lipinski definition) is 3. The molecule has 0 saturated heterocycles. The first-order valence-electron chi connectivity index (χ1n) is 6.45. The Balaban J connectivity index is 1.79. The lowest BCUT2D eigenvalue weighted by atomic mass is 9.77. The number of rotatable bonds is 5. The Bertz CT molecular complexity index is 461. The third kappa shape index (κ3) is 3.04. The van der Waals surface area contributed by atoms with Crippen molar-refractivity contribution >= 4 is 5.91 Å². The van der Waals surface area contributed by atoms with E-state index < -0.39 is 11.4 Å². The second-order valence-corrected chi connectivity index (χ2v) is 5.02. The Morgan fingerprint density at radius 2 is 2.16 bits per heavy atom. The van der Waals surface area contributed by atoms with Crippen LogP contribution in [0.5, 0.6) is 5.75 Å². The van der Waals surface area contributed by atoms with Crippen LogP contribution in [0.3, 0.4) is 0 Å². The quantitative estimate of drug-likeness (QED) is 0.879. The van der Waals surface area contributed by atoms with Crippen molar-refractivity contribution in [3.05, 3.63) is 30.1 Å². The van der Waals surface area contributed by atoms with Crippen molar-refractivity contribution in [1.29, 1.82) is 0 Å². The summed E-state index contributed by atoms with van der Waals surface area (Å²) in [6, 6.07) is 6.21. The van der Waals surface area contributed by atoms with Gasteiger partial charge in [-0.2, -0.15) is 0 Å². The Hall–Kier alpha value is -1.62. The SMILES string of the molecule is CN(CCOc1ccccc1F)C(=O)C1(N)CCC1. The van der Waals surface area contributed by atoms with E-state index in [0.29, 0.717) is 6.54 Å². The Morgan fingerprint density at radius 1 is 1.47 bits per heavy atom. The number of amides is 1. The van der Waals surface area contributed by atoms with E-state index in [0.717, 1.165) is 19.3 Å². The summed E-state index contributed by atoms with van der Waals surface area (Å²) in [5, 5.41) is 0. The molecule has 1 aliphatic rings. The molecule has 0 aliphatic heterocycles. The van der Waals surface area contributed by atoms with Crippen LogP contribution in [-0.2, 0) is 4.79 Å². The molecule has 0 atom stereocenters. The van der Waals surface area contributed by atoms with Gasteiger partial charge in [0.25, 0.3) is 0 Å². The van der Waals surface area contributed by atoms with E-state index in [1.807, 2.05) is 0 Å². The molecule has 19 heavy (non-hydrogen) atoms. The fourth-order valence-corrected chi connectivity index (χ4v) is 2.11. The number of hydrogen-bond donors (Lipinski definition) is 1. The summed E-state index contributed by atoms with van der Waals surface area (Å²) >= 11 is 0. The molecule has 1 aromatic carbocycles. The molecule has 2 N–H and O–H groups in total. The van der Waals surface area contributed by atoms with Crippen LogP contribution in [0.2, 0.25) is 0 Å². The minimum Gasteiger partial charge on any atom is -0.489 e. The predicted molar refractivity (Wildman–Crippen MR) is 70.3 cm³/mol. The van der Waals surface area contributed by atoms with Gasteiger partial charge in [-0.15, -0.1) is 0 Å². The molecular formula is C14H19FN2O2. The van der Waals surface area contributed by atoms with Gasteiger partial charge in [-0.3, -0.25) is 4.79 Å². The minimum absolute atomic E-state index is 0.0594. The third-order valence-electron chi connectivity index (χ3n) is 3.54. The monoisotopic (exact) mass is 266 g/mol. The van der Waals surface area contributed by atoms with Crippen molar-refractivity contribution in [2.45, 2.75) is 24.8 Å². The van der Waals surface area contributed by atoms with Gasteiger partial charge in [-0.05, 0) is 31.4 Å². The van der Waals surface area contributed by atoms with Gasteiger partial charge in [0.1, 0.15) is 6.61 Å². The summed E-state index contributed by atoms with van der Waals surface area (Å²) in [7, 11) is 1.69. The molecule has 1 fully saturated rings. The zero-order valence-electron chi connectivity index (χ0n) is 11.1. The molecule has 1 aliphatic carbocycles. The molecule has 1 amide bonds. The second kappa shape index (κ2) is 5.57. The Morgan fingerprint density at radius 3 is 2.74 bits per heavy atom. The summed E-state index contributed by atoms with van der Waals surface area (Å²) in [6.45, 7) is 0.644. The molecular weight excluding hydrogens is 247 g/mol. The molecule has 0 bridgehead atoms. The lowest BCUT2D eigenvalue weighted by Gasteiger charge is -2.39. The number of nitrogens with zero attached hydrogens (tertiary/aromatic N) is 1. The lowest BCUT2D eigenvalue weighted by Crippen LogP contribution is -2.59. The number of para-hydroxylation sites is 1. The summed E-state index contributed by atoms with van der Waals surface area (Å²) in [4.78, 5) is 13.6. The molecule has 1 aromatic rings. The van der Waals surface area contributed by atoms with E-state index in [-0.39, 0.29) is 18.3 Å². The topological polar surface area (TPSA) is 55.6 Å². The molecule has 1 saturated carbocycles. The maximum atomic E-state index is 13.3. The largest absolute Gasteiger partial charge is 0.489 e. The number of benzene rings is 1. The standard InChI is InChI=1S/C14H19FN2O2/c1-17(13(18)14(16)7-4-8-14)9-10-19-12-6-3-2-5-11(12)15/h2-3,5-6H,4,7-10,16H2,1H3. The molecule has 0 radical (unpaired) electrons. The van der Waals surface area contributed by atoms with Crippen molar-refractivity contribution in [2.24, 2.45) is 5.73 Å². The van der Waals surface area contributed by atoms with E-state index in [1.54, 1.807) is 30.1 Å². The van der Waals surface area contributed by atoms with Gasteiger partial charge < -0.3 is 15.4 Å². The average molecular weight is 266 g/mol. The summed E-state index contributed by atoms with van der Waals surface area (Å²) < 4.78 is 18.6. The van der Waals surface area contributed by atoms with Crippen LogP contribution in [0.15, 0.2) is 24.3 Å². The van der Waals surface area contributed by atoms with Crippen LogP contribution in [0.4, 0.5) is 4.39 Å². The highest BCUT2D eigenvalue weighted by atomic mass is 19.1. The smallest absolute Gasteiger partial charge is 0.242 e. The van der Waals surface area contributed by atoms with Gasteiger partial charge in [0.05, 0.1) is 12.1 Å². The maximum Gasteiger partial charge on any atom is 0.242 e. The summed E-state index contributed by atoms with van der Waals surface area (Å²) in [5.41, 5.74) is 5.27. The van der Waals surface area contributed by atoms with E-state index >= 15 is 0 Å². The zero-order chi connectivity index (χ0) is 13.9. The Labute approximate surface area is 112 Å². The number of halogens is 1. The highest BCUT2D eigenvalue weighted by molar-refractivity contribution is 5.86. The number of nitrogens with two attached hydrogens (primary N) is 1. The summed E-state index contributed by atoms with van der Waals surface area (Å²) in [5.74, 6) is -0.254. The highest BCUT2D eigenvalue weighted by Crippen LogP contribution is 2.30. The minimum atomic E-state index is -0.688. The van der Waals surface area contributed by atoms with Crippen LogP contribution in [-0.4, -0.2) is 36.5 Å². The van der Waals surface area contributed by atoms with Crippen molar-refractivity contribution in [2.75, 3.05) is 20.2 Å². The van der Waals surface area contributed by atoms with Crippen molar-refractivity contribution in [3.63, 3.8) is 0 Å². The van der Waals surface area contributed by atoms with Crippen LogP contribution in [0, 0.1) is 5.82 Å². The van der Waals surface area contributed by atoms with Crippen LogP contribution in [0.1, 0.15) is 19.3 Å². The van der Waals surface area contributed by atoms with Gasteiger partial charge in [-0.1, -0.05) is 12.1 Å². The molecule has 0 spiro atoms. The van der Waals surface area contributed by atoms with E-state index in [2.05, 4.69) is 0 Å². The van der Waals surface area contributed by atoms with E-state index in [4.69, 9.17) is 10.5 Å². The van der Waals surface area contributed by atoms with Crippen molar-refractivity contribution in [3.8, 4) is 5.75 Å². The third-order valence-corrected chi connectivity index (χ3v) is 3.54. The number of ether oxygens (including phenoxy) is 1. The fourth-order valence-electron chi connectivity index (χ4n) is 2.11. The first-order valence-corrected chi connectivity index (χ1v) is 6.45. The predicted octanol–water partition coefficient (Wildman–Crippen LogP) is 1.54. The van der Waals surface area contributed by atoms with Gasteiger partial charge in [-0.25, -0.2) is 4.39 Å². The molecule has 0 aromatic heterocycles. The molecule has 2 rings (SSSR count). The van der Waals surface area contributed by atoms with Gasteiger partial charge in [0.2, 0.25) is 5.91 Å². The second-order valence-electron chi connectivity index (χ2n) is 5.02. The van der Waals surface area contributed by atoms with E-state index in [1.165, 1.54) is 6.07 Å². The van der Waals surface area contributed by atoms with E-state index in [9.17, 15) is 9.18 Å². The first-order chi connectivity index (χ1) is 9.03. The Kier molecular flexibility index (Phi) is 4.04. The van der Waals surface area contributed by atoms with Gasteiger partial charge in [0.15, 0.2) is 11.6 Å². The fraction of sp³-hybridized carbons (Fsp3) is 0.500. The van der Waals surface area contributed by atoms with Crippen LogP contribution < -0.4 is 10.5 Å². The molecule has 0 unspecified atom stereocenters. The number of carbonyl (C=O) groups excluding carboxylic acids is 1. The van der Waals surface area contributed by atoms with Gasteiger partial charge >= 0.3 is 0 Å². The highest BCUT2D eigenvalue weighted by Gasteiger charge is 2.41. The lowest BCUT2D eigenvalue weighted by molar-refractivity contribution is -0.139. The molecule has 0 heterocycles. The number of likely N-dealkylation sites (N-methyl/N-ethyl adjacent to an activating group) is 1. The molecule has 4 nitrogen and oxygen atoms in total. The van der Waals surface area contributed by atoms with Gasteiger partial charge in [0, 0.05) is 7.05 Å². The van der Waals surface area contributed by atoms with Crippen molar-refractivity contribution in [1.82, 2.24) is 4.90 Å². The normalized spacial score (nSPS) is 16.6. The van der Waals surface area contributed by atoms with Crippen LogP contribution >= 0.6 is 0 Å². The molecule has 5 heteroatoms.